The highest BCUT2D eigenvalue weighted by atomic mass is 19.1. The molecule has 0 unspecified atom stereocenters. The number of piperazine rings is 1. The van der Waals surface area contributed by atoms with Crippen LogP contribution in [0.2, 0.25) is 0 Å². The number of carbonyl (C=O) groups excluding carboxylic acids is 1. The van der Waals surface area contributed by atoms with Gasteiger partial charge in [-0.3, -0.25) is 4.79 Å². The Bertz CT molecular complexity index is 821. The minimum Gasteiger partial charge on any atom is -0.481 e. The van der Waals surface area contributed by atoms with Gasteiger partial charge in [0.2, 0.25) is 0 Å². The summed E-state index contributed by atoms with van der Waals surface area (Å²) in [6.45, 7) is 5.34. The molecule has 0 spiro atoms. The maximum Gasteiger partial charge on any atom is 0.260 e. The van der Waals surface area contributed by atoms with Crippen molar-refractivity contribution in [1.29, 1.82) is 0 Å². The first-order valence-corrected chi connectivity index (χ1v) is 9.77. The van der Waals surface area contributed by atoms with Gasteiger partial charge >= 0.3 is 0 Å². The number of carbonyl (C=O) groups is 1. The van der Waals surface area contributed by atoms with Crippen LogP contribution in [0, 0.1) is 5.82 Å². The van der Waals surface area contributed by atoms with Gasteiger partial charge in [-0.1, -0.05) is 12.1 Å². The highest BCUT2D eigenvalue weighted by Crippen LogP contribution is 2.18. The van der Waals surface area contributed by atoms with Gasteiger partial charge in [-0.2, -0.15) is 0 Å². The molecule has 3 heterocycles. The molecule has 2 saturated heterocycles. The average Bonchev–Trinajstić information content (AvgIpc) is 2.79. The third-order valence-corrected chi connectivity index (χ3v) is 5.12. The van der Waals surface area contributed by atoms with Gasteiger partial charge in [0.1, 0.15) is 0 Å². The average molecular weight is 401 g/mol. The molecule has 29 heavy (non-hydrogen) atoms. The Hall–Kier alpha value is -2.94. The van der Waals surface area contributed by atoms with Crippen molar-refractivity contribution in [1.82, 2.24) is 15.1 Å². The van der Waals surface area contributed by atoms with Crippen molar-refractivity contribution in [2.75, 3.05) is 68.9 Å². The normalized spacial score (nSPS) is 17.3. The Morgan fingerprint density at radius 2 is 1.55 bits per heavy atom. The first kappa shape index (κ1) is 19.4. The predicted octanol–water partition coefficient (Wildman–Crippen LogP) is 1.18. The van der Waals surface area contributed by atoms with E-state index in [0.717, 1.165) is 24.7 Å². The summed E-state index contributed by atoms with van der Waals surface area (Å²) in [5, 5.41) is 8.70. The molecule has 1 aromatic carbocycles. The zero-order valence-corrected chi connectivity index (χ0v) is 16.2. The molecule has 0 radical (unpaired) electrons. The molecule has 0 atom stereocenters. The van der Waals surface area contributed by atoms with Gasteiger partial charge in [0, 0.05) is 39.3 Å². The topological polar surface area (TPSA) is 71.0 Å². The molecule has 2 aliphatic heterocycles. The second kappa shape index (κ2) is 9.04. The van der Waals surface area contributed by atoms with Crippen molar-refractivity contribution in [2.45, 2.75) is 0 Å². The minimum absolute atomic E-state index is 0.0927. The summed E-state index contributed by atoms with van der Waals surface area (Å²) in [6.07, 6.45) is 0. The van der Waals surface area contributed by atoms with Crippen LogP contribution in [0.4, 0.5) is 16.0 Å². The van der Waals surface area contributed by atoms with Crippen LogP contribution in [-0.4, -0.2) is 80.1 Å². The number of para-hydroxylation sites is 1. The zero-order chi connectivity index (χ0) is 20.1. The van der Waals surface area contributed by atoms with Crippen LogP contribution in [-0.2, 0) is 9.53 Å². The quantitative estimate of drug-likeness (QED) is 0.745. The smallest absolute Gasteiger partial charge is 0.260 e. The molecule has 0 N–H and O–H groups in total. The molecule has 1 amide bonds. The Labute approximate surface area is 168 Å². The number of hydrogen-bond acceptors (Lipinski definition) is 7. The van der Waals surface area contributed by atoms with Crippen molar-refractivity contribution < 1.29 is 18.7 Å². The molecule has 0 bridgehead atoms. The molecule has 0 aliphatic carbocycles. The van der Waals surface area contributed by atoms with Crippen LogP contribution < -0.4 is 14.5 Å². The van der Waals surface area contributed by atoms with Crippen LogP contribution in [0.5, 0.6) is 5.75 Å². The number of amides is 1. The molecule has 2 fully saturated rings. The summed E-state index contributed by atoms with van der Waals surface area (Å²) in [5.41, 5.74) is 0. The van der Waals surface area contributed by atoms with Gasteiger partial charge in [-0.05, 0) is 24.3 Å². The van der Waals surface area contributed by atoms with Gasteiger partial charge in [0.25, 0.3) is 5.91 Å². The number of rotatable bonds is 5. The monoisotopic (exact) mass is 401 g/mol. The lowest BCUT2D eigenvalue weighted by atomic mass is 10.3. The van der Waals surface area contributed by atoms with E-state index in [4.69, 9.17) is 9.47 Å². The molecule has 4 rings (SSSR count). The van der Waals surface area contributed by atoms with E-state index in [0.29, 0.717) is 39.4 Å². The van der Waals surface area contributed by atoms with E-state index in [-0.39, 0.29) is 18.3 Å². The number of benzene rings is 1. The zero-order valence-electron chi connectivity index (χ0n) is 16.2. The highest BCUT2D eigenvalue weighted by molar-refractivity contribution is 5.78. The number of ether oxygens (including phenoxy) is 2. The fourth-order valence-corrected chi connectivity index (χ4v) is 3.43. The first-order chi connectivity index (χ1) is 14.2. The van der Waals surface area contributed by atoms with Crippen LogP contribution in [0.25, 0.3) is 0 Å². The summed E-state index contributed by atoms with van der Waals surface area (Å²) in [6, 6.07) is 10.0. The van der Waals surface area contributed by atoms with Crippen LogP contribution in [0.3, 0.4) is 0 Å². The van der Waals surface area contributed by atoms with E-state index >= 15 is 0 Å². The molecule has 9 heteroatoms. The fraction of sp³-hybridized carbons (Fsp3) is 0.450. The maximum absolute atomic E-state index is 13.6. The Balaban J connectivity index is 1.26. The lowest BCUT2D eigenvalue weighted by molar-refractivity contribution is -0.133. The van der Waals surface area contributed by atoms with Gasteiger partial charge in [-0.15, -0.1) is 10.2 Å². The predicted molar refractivity (Wildman–Crippen MR) is 106 cm³/mol. The molecular formula is C20H24FN5O3. The molecular weight excluding hydrogens is 377 g/mol. The summed E-state index contributed by atoms with van der Waals surface area (Å²) in [4.78, 5) is 18.4. The Kier molecular flexibility index (Phi) is 6.04. The first-order valence-electron chi connectivity index (χ1n) is 9.77. The van der Waals surface area contributed by atoms with Crippen LogP contribution in [0.1, 0.15) is 0 Å². The maximum atomic E-state index is 13.6. The van der Waals surface area contributed by atoms with Crippen molar-refractivity contribution in [2.24, 2.45) is 0 Å². The van der Waals surface area contributed by atoms with Crippen LogP contribution in [0.15, 0.2) is 36.4 Å². The second-order valence-electron chi connectivity index (χ2n) is 6.94. The Morgan fingerprint density at radius 3 is 2.17 bits per heavy atom. The Morgan fingerprint density at radius 1 is 0.931 bits per heavy atom. The third kappa shape index (κ3) is 4.73. The van der Waals surface area contributed by atoms with Crippen LogP contribution >= 0.6 is 0 Å². The number of halogens is 1. The second-order valence-corrected chi connectivity index (χ2v) is 6.94. The van der Waals surface area contributed by atoms with Crippen molar-refractivity contribution >= 4 is 17.5 Å². The van der Waals surface area contributed by atoms with E-state index in [1.54, 1.807) is 17.0 Å². The van der Waals surface area contributed by atoms with E-state index in [1.807, 2.05) is 12.1 Å². The van der Waals surface area contributed by atoms with E-state index < -0.39 is 5.82 Å². The highest BCUT2D eigenvalue weighted by Gasteiger charge is 2.23. The van der Waals surface area contributed by atoms with E-state index in [1.165, 1.54) is 12.1 Å². The van der Waals surface area contributed by atoms with E-state index in [9.17, 15) is 9.18 Å². The number of hydrogen-bond donors (Lipinski definition) is 0. The lowest BCUT2D eigenvalue weighted by Gasteiger charge is -2.35. The number of aromatic nitrogens is 2. The van der Waals surface area contributed by atoms with Gasteiger partial charge in [-0.25, -0.2) is 4.39 Å². The number of morpholine rings is 1. The van der Waals surface area contributed by atoms with E-state index in [2.05, 4.69) is 20.0 Å². The lowest BCUT2D eigenvalue weighted by Crippen LogP contribution is -2.50. The molecule has 2 aliphatic rings. The molecule has 154 valence electrons. The summed E-state index contributed by atoms with van der Waals surface area (Å²) < 4.78 is 24.3. The number of anilines is 2. The fourth-order valence-electron chi connectivity index (χ4n) is 3.43. The molecule has 2 aromatic rings. The molecule has 0 saturated carbocycles. The summed E-state index contributed by atoms with van der Waals surface area (Å²) in [7, 11) is 0. The van der Waals surface area contributed by atoms with Crippen molar-refractivity contribution in [3.8, 4) is 5.75 Å². The van der Waals surface area contributed by atoms with Gasteiger partial charge in [0.05, 0.1) is 13.2 Å². The standard InChI is InChI=1S/C20H24FN5O3/c21-16-3-1-2-4-17(16)29-15-20(27)26-9-7-24(8-10-26)18-5-6-19(23-22-18)25-11-13-28-14-12-25/h1-6H,7-15H2. The third-order valence-electron chi connectivity index (χ3n) is 5.12. The summed E-state index contributed by atoms with van der Waals surface area (Å²) in [5.74, 6) is 1.13. The summed E-state index contributed by atoms with van der Waals surface area (Å²) >= 11 is 0. The number of nitrogens with zero attached hydrogens (tertiary/aromatic N) is 5. The molecule has 1 aromatic heterocycles. The van der Waals surface area contributed by atoms with Crippen molar-refractivity contribution in [3.05, 3.63) is 42.2 Å². The van der Waals surface area contributed by atoms with Gasteiger partial charge < -0.3 is 24.2 Å². The van der Waals surface area contributed by atoms with Gasteiger partial charge in [0.15, 0.2) is 29.8 Å². The van der Waals surface area contributed by atoms with Crippen molar-refractivity contribution in [3.63, 3.8) is 0 Å². The molecule has 8 nitrogen and oxygen atoms in total. The largest absolute Gasteiger partial charge is 0.481 e. The minimum atomic E-state index is -0.468. The SMILES string of the molecule is O=C(COc1ccccc1F)N1CCN(c2ccc(N3CCOCC3)nn2)CC1.